The van der Waals surface area contributed by atoms with Crippen molar-refractivity contribution in [3.05, 3.63) is 18.2 Å². The van der Waals surface area contributed by atoms with E-state index in [1.165, 1.54) is 25.7 Å². The molecule has 2 rings (SSSR count). The van der Waals surface area contributed by atoms with Gasteiger partial charge in [-0.3, -0.25) is 0 Å². The van der Waals surface area contributed by atoms with E-state index in [9.17, 15) is 0 Å². The van der Waals surface area contributed by atoms with E-state index in [0.717, 1.165) is 24.8 Å². The molecule has 0 aliphatic heterocycles. The zero-order valence-corrected chi connectivity index (χ0v) is 11.0. The molecule has 0 saturated heterocycles. The molecule has 1 aromatic heterocycles. The van der Waals surface area contributed by atoms with Crippen LogP contribution in [-0.2, 0) is 6.54 Å². The Morgan fingerprint density at radius 1 is 1.53 bits per heavy atom. The summed E-state index contributed by atoms with van der Waals surface area (Å²) < 4.78 is 2.18. The molecule has 0 aromatic carbocycles. The second kappa shape index (κ2) is 5.65. The van der Waals surface area contributed by atoms with Gasteiger partial charge in [-0.05, 0) is 26.8 Å². The van der Waals surface area contributed by atoms with Crippen LogP contribution in [0.4, 0.5) is 0 Å². The molecule has 0 unspecified atom stereocenters. The van der Waals surface area contributed by atoms with E-state index >= 15 is 0 Å². The minimum Gasteiger partial charge on any atom is -0.332 e. The van der Waals surface area contributed by atoms with Crippen LogP contribution in [0.2, 0.25) is 0 Å². The molecule has 1 aliphatic rings. The lowest BCUT2D eigenvalue weighted by Crippen LogP contribution is -2.32. The van der Waals surface area contributed by atoms with Gasteiger partial charge in [0, 0.05) is 31.4 Å². The summed E-state index contributed by atoms with van der Waals surface area (Å²) in [5, 5.41) is 0. The van der Waals surface area contributed by atoms with Gasteiger partial charge in [0.05, 0.1) is 12.0 Å². The molecule has 0 radical (unpaired) electrons. The fourth-order valence-electron chi connectivity index (χ4n) is 2.69. The molecule has 1 atom stereocenters. The van der Waals surface area contributed by atoms with E-state index in [0.29, 0.717) is 0 Å². The lowest BCUT2D eigenvalue weighted by molar-refractivity contribution is 0.235. The Labute approximate surface area is 104 Å². The van der Waals surface area contributed by atoms with E-state index in [2.05, 4.69) is 21.5 Å². The number of hydrogen-bond acceptors (Lipinski definition) is 3. The number of aromatic nitrogens is 2. The molecule has 1 heterocycles. The Morgan fingerprint density at radius 2 is 2.24 bits per heavy atom. The van der Waals surface area contributed by atoms with Gasteiger partial charge in [-0.1, -0.05) is 12.8 Å². The number of hydrogen-bond donors (Lipinski definition) is 1. The van der Waals surface area contributed by atoms with Crippen LogP contribution in [0.1, 0.15) is 44.3 Å². The van der Waals surface area contributed by atoms with Crippen molar-refractivity contribution in [2.24, 2.45) is 5.73 Å². The monoisotopic (exact) mass is 236 g/mol. The van der Waals surface area contributed by atoms with Crippen LogP contribution in [0.5, 0.6) is 0 Å². The highest BCUT2D eigenvalue weighted by Gasteiger charge is 2.19. The number of nitrogens with two attached hydrogens (primary N) is 1. The van der Waals surface area contributed by atoms with Crippen molar-refractivity contribution in [2.45, 2.75) is 51.2 Å². The summed E-state index contributed by atoms with van der Waals surface area (Å²) in [6, 6.07) is 0.853. The number of likely N-dealkylation sites (N-methyl/N-ethyl adjacent to an activating group) is 1. The van der Waals surface area contributed by atoms with Gasteiger partial charge in [-0.25, -0.2) is 4.98 Å². The van der Waals surface area contributed by atoms with Crippen molar-refractivity contribution in [1.82, 2.24) is 14.5 Å². The molecule has 1 saturated carbocycles. The molecule has 96 valence electrons. The molecule has 1 aliphatic carbocycles. The van der Waals surface area contributed by atoms with Crippen LogP contribution < -0.4 is 5.73 Å². The van der Waals surface area contributed by atoms with Crippen molar-refractivity contribution in [3.63, 3.8) is 0 Å². The summed E-state index contributed by atoms with van der Waals surface area (Å²) in [7, 11) is 2.23. The third-order valence-corrected chi connectivity index (χ3v) is 3.85. The van der Waals surface area contributed by atoms with Gasteiger partial charge in [-0.2, -0.15) is 0 Å². The van der Waals surface area contributed by atoms with Crippen LogP contribution in [0.25, 0.3) is 0 Å². The first-order chi connectivity index (χ1) is 8.18. The van der Waals surface area contributed by atoms with Gasteiger partial charge < -0.3 is 15.2 Å². The molecular formula is C13H24N4. The van der Waals surface area contributed by atoms with Gasteiger partial charge in [0.1, 0.15) is 0 Å². The lowest BCUT2D eigenvalue weighted by Gasteiger charge is -2.24. The Morgan fingerprint density at radius 3 is 2.88 bits per heavy atom. The van der Waals surface area contributed by atoms with Crippen molar-refractivity contribution >= 4 is 0 Å². The standard InChI is InChI=1S/C13H24N4/c1-11(14)13-9-15-10-17(13)8-7-16(2)12-5-3-4-6-12/h9-12H,3-8,14H2,1-2H3/t11-/m0/s1. The Hall–Kier alpha value is -0.870. The average molecular weight is 236 g/mol. The topological polar surface area (TPSA) is 47.1 Å². The van der Waals surface area contributed by atoms with E-state index in [-0.39, 0.29) is 6.04 Å². The molecule has 1 aromatic rings. The van der Waals surface area contributed by atoms with Gasteiger partial charge in [0.15, 0.2) is 0 Å². The van der Waals surface area contributed by atoms with Crippen LogP contribution in [0.3, 0.4) is 0 Å². The highest BCUT2D eigenvalue weighted by molar-refractivity contribution is 5.03. The zero-order valence-electron chi connectivity index (χ0n) is 11.0. The maximum absolute atomic E-state index is 5.91. The molecule has 2 N–H and O–H groups in total. The smallest absolute Gasteiger partial charge is 0.0949 e. The number of nitrogens with zero attached hydrogens (tertiary/aromatic N) is 3. The highest BCUT2D eigenvalue weighted by atomic mass is 15.2. The molecule has 0 bridgehead atoms. The molecule has 0 amide bonds. The minimum absolute atomic E-state index is 0.0642. The zero-order chi connectivity index (χ0) is 12.3. The second-order valence-corrected chi connectivity index (χ2v) is 5.22. The fraction of sp³-hybridized carbons (Fsp3) is 0.769. The predicted molar refractivity (Wildman–Crippen MR) is 69.7 cm³/mol. The minimum atomic E-state index is 0.0642. The lowest BCUT2D eigenvalue weighted by atomic mass is 10.2. The first-order valence-electron chi connectivity index (χ1n) is 6.64. The maximum Gasteiger partial charge on any atom is 0.0949 e. The Bertz CT molecular complexity index is 339. The van der Waals surface area contributed by atoms with Crippen LogP contribution in [-0.4, -0.2) is 34.1 Å². The largest absolute Gasteiger partial charge is 0.332 e. The molecule has 1 fully saturated rings. The number of rotatable bonds is 5. The summed E-state index contributed by atoms with van der Waals surface area (Å²) in [5.41, 5.74) is 7.04. The van der Waals surface area contributed by atoms with Crippen molar-refractivity contribution in [3.8, 4) is 0 Å². The van der Waals surface area contributed by atoms with Crippen LogP contribution in [0, 0.1) is 0 Å². The van der Waals surface area contributed by atoms with Crippen molar-refractivity contribution in [1.29, 1.82) is 0 Å². The average Bonchev–Trinajstić information content (AvgIpc) is 2.96. The summed E-state index contributed by atoms with van der Waals surface area (Å²) >= 11 is 0. The van der Waals surface area contributed by atoms with Crippen LogP contribution in [0.15, 0.2) is 12.5 Å². The normalized spacial score (nSPS) is 19.1. The van der Waals surface area contributed by atoms with E-state index < -0.39 is 0 Å². The predicted octanol–water partition coefficient (Wildman–Crippen LogP) is 1.78. The Balaban J connectivity index is 1.86. The van der Waals surface area contributed by atoms with Crippen molar-refractivity contribution < 1.29 is 0 Å². The van der Waals surface area contributed by atoms with Gasteiger partial charge in [-0.15, -0.1) is 0 Å². The summed E-state index contributed by atoms with van der Waals surface area (Å²) in [5.74, 6) is 0. The maximum atomic E-state index is 5.91. The first-order valence-corrected chi connectivity index (χ1v) is 6.64. The first kappa shape index (κ1) is 12.6. The molecule has 4 nitrogen and oxygen atoms in total. The molecule has 17 heavy (non-hydrogen) atoms. The van der Waals surface area contributed by atoms with E-state index in [1.807, 2.05) is 19.4 Å². The SMILES string of the molecule is C[C@H](N)c1cncn1CCN(C)C1CCCC1. The third kappa shape index (κ3) is 3.07. The second-order valence-electron chi connectivity index (χ2n) is 5.22. The molecule has 0 spiro atoms. The molecular weight excluding hydrogens is 212 g/mol. The summed E-state index contributed by atoms with van der Waals surface area (Å²) in [6.45, 7) is 4.08. The quantitative estimate of drug-likeness (QED) is 0.847. The Kier molecular flexibility index (Phi) is 4.18. The van der Waals surface area contributed by atoms with Gasteiger partial charge in [0.25, 0.3) is 0 Å². The summed E-state index contributed by atoms with van der Waals surface area (Å²) in [6.07, 6.45) is 9.28. The number of imidazole rings is 1. The van der Waals surface area contributed by atoms with E-state index in [1.54, 1.807) is 0 Å². The van der Waals surface area contributed by atoms with Gasteiger partial charge >= 0.3 is 0 Å². The van der Waals surface area contributed by atoms with Gasteiger partial charge in [0.2, 0.25) is 0 Å². The van der Waals surface area contributed by atoms with E-state index in [4.69, 9.17) is 5.73 Å². The summed E-state index contributed by atoms with van der Waals surface area (Å²) in [4.78, 5) is 6.67. The molecule has 4 heteroatoms. The fourth-order valence-corrected chi connectivity index (χ4v) is 2.69. The van der Waals surface area contributed by atoms with Crippen molar-refractivity contribution in [2.75, 3.05) is 13.6 Å². The van der Waals surface area contributed by atoms with Crippen LogP contribution >= 0.6 is 0 Å². The third-order valence-electron chi connectivity index (χ3n) is 3.85. The highest BCUT2D eigenvalue weighted by Crippen LogP contribution is 2.22.